The molecule has 4 nitrogen and oxygen atoms in total. The first-order valence-electron chi connectivity index (χ1n) is 12.6. The average molecular weight is 470 g/mol. The van der Waals surface area contributed by atoms with Crippen molar-refractivity contribution in [3.8, 4) is 5.69 Å². The quantitative estimate of drug-likeness (QED) is 0.157. The molecule has 0 unspecified atom stereocenters. The Morgan fingerprint density at radius 3 is 2.08 bits per heavy atom. The lowest BCUT2D eigenvalue weighted by Gasteiger charge is -2.21. The number of fused-ring (bicyclic) bond motifs is 4. The molecule has 4 heteroatoms. The second kappa shape index (κ2) is 9.31. The van der Waals surface area contributed by atoms with Crippen LogP contribution in [0.5, 0.6) is 0 Å². The molecule has 1 N–H and O–H groups in total. The van der Waals surface area contributed by atoms with Gasteiger partial charge in [0.1, 0.15) is 11.0 Å². The number of aromatic nitrogens is 2. The van der Waals surface area contributed by atoms with Gasteiger partial charge in [0.05, 0.1) is 5.69 Å². The first kappa shape index (κ1) is 22.1. The Balaban J connectivity index is 1.73. The fourth-order valence-corrected chi connectivity index (χ4v) is 5.09. The highest BCUT2D eigenvalue weighted by atomic mass is 15.1. The zero-order chi connectivity index (χ0) is 24.5. The van der Waals surface area contributed by atoms with Crippen molar-refractivity contribution < 1.29 is 4.57 Å². The van der Waals surface area contributed by atoms with Gasteiger partial charge >= 0.3 is 0 Å². The summed E-state index contributed by atoms with van der Waals surface area (Å²) in [4.78, 5) is 7.60. The molecule has 1 heterocycles. The molecule has 1 aromatic heterocycles. The third-order valence-corrected chi connectivity index (χ3v) is 6.86. The van der Waals surface area contributed by atoms with Crippen LogP contribution in [0.25, 0.3) is 38.5 Å². The summed E-state index contributed by atoms with van der Waals surface area (Å²) in [7, 11) is 0. The van der Waals surface area contributed by atoms with Gasteiger partial charge in [0, 0.05) is 59.5 Å². The smallest absolute Gasteiger partial charge is 0.240 e. The van der Waals surface area contributed by atoms with Crippen molar-refractivity contribution in [1.82, 2.24) is 4.98 Å². The van der Waals surface area contributed by atoms with Crippen LogP contribution in [-0.4, -0.2) is 18.1 Å². The van der Waals surface area contributed by atoms with E-state index < -0.39 is 0 Å². The molecular weight excluding hydrogens is 440 g/mol. The van der Waals surface area contributed by atoms with E-state index in [4.69, 9.17) is 4.98 Å². The van der Waals surface area contributed by atoms with Crippen molar-refractivity contribution in [2.24, 2.45) is 0 Å². The summed E-state index contributed by atoms with van der Waals surface area (Å²) in [5.74, 6) is 0. The summed E-state index contributed by atoms with van der Waals surface area (Å²) in [6.45, 7) is 6.32. The minimum Gasteiger partial charge on any atom is -0.372 e. The Hall–Kier alpha value is -4.44. The molecule has 0 atom stereocenters. The number of para-hydroxylation sites is 2. The number of anilines is 3. The van der Waals surface area contributed by atoms with E-state index in [0.29, 0.717) is 0 Å². The molecule has 0 saturated heterocycles. The van der Waals surface area contributed by atoms with E-state index in [1.165, 1.54) is 5.69 Å². The Kier molecular flexibility index (Phi) is 5.70. The second-order valence-electron chi connectivity index (χ2n) is 8.96. The van der Waals surface area contributed by atoms with Gasteiger partial charge in [-0.2, -0.15) is 0 Å². The molecule has 5 aromatic carbocycles. The van der Waals surface area contributed by atoms with Gasteiger partial charge in [-0.25, -0.2) is 4.98 Å². The third kappa shape index (κ3) is 3.81. The lowest BCUT2D eigenvalue weighted by molar-refractivity contribution is -0.538. The summed E-state index contributed by atoms with van der Waals surface area (Å²) in [5.41, 5.74) is 8.60. The van der Waals surface area contributed by atoms with Crippen LogP contribution >= 0.6 is 0 Å². The number of hydrogen-bond donors (Lipinski definition) is 1. The summed E-state index contributed by atoms with van der Waals surface area (Å²) >= 11 is 0. The highest BCUT2D eigenvalue weighted by molar-refractivity contribution is 6.11. The number of hydrogen-bond acceptors (Lipinski definition) is 3. The van der Waals surface area contributed by atoms with Gasteiger partial charge < -0.3 is 10.2 Å². The normalized spacial score (nSPS) is 11.3. The van der Waals surface area contributed by atoms with Crippen LogP contribution in [0.2, 0.25) is 0 Å². The van der Waals surface area contributed by atoms with Gasteiger partial charge in [-0.1, -0.05) is 60.7 Å². The Bertz CT molecular complexity index is 1670. The summed E-state index contributed by atoms with van der Waals surface area (Å²) in [5, 5.41) is 5.95. The van der Waals surface area contributed by atoms with Crippen molar-refractivity contribution in [1.29, 1.82) is 0 Å². The second-order valence-corrected chi connectivity index (χ2v) is 8.96. The fraction of sp³-hybridized carbons (Fsp3) is 0.125. The summed E-state index contributed by atoms with van der Waals surface area (Å²) in [6.07, 6.45) is 0. The lowest BCUT2D eigenvalue weighted by Crippen LogP contribution is -2.33. The molecule has 0 aliphatic carbocycles. The van der Waals surface area contributed by atoms with E-state index in [-0.39, 0.29) is 0 Å². The van der Waals surface area contributed by atoms with Gasteiger partial charge in [-0.3, -0.25) is 0 Å². The van der Waals surface area contributed by atoms with E-state index >= 15 is 0 Å². The van der Waals surface area contributed by atoms with Gasteiger partial charge in [0.15, 0.2) is 0 Å². The molecule has 0 saturated carbocycles. The van der Waals surface area contributed by atoms with Crippen molar-refractivity contribution in [3.05, 3.63) is 109 Å². The number of rotatable bonds is 6. The van der Waals surface area contributed by atoms with Crippen molar-refractivity contribution in [3.63, 3.8) is 0 Å². The third-order valence-electron chi connectivity index (χ3n) is 6.86. The van der Waals surface area contributed by atoms with Crippen LogP contribution in [-0.2, 0) is 0 Å². The Morgan fingerprint density at radius 1 is 0.694 bits per heavy atom. The first-order valence-corrected chi connectivity index (χ1v) is 12.6. The molecule has 0 aliphatic rings. The van der Waals surface area contributed by atoms with Gasteiger partial charge in [-0.05, 0) is 38.1 Å². The zero-order valence-electron chi connectivity index (χ0n) is 20.6. The monoisotopic (exact) mass is 469 g/mol. The van der Waals surface area contributed by atoms with E-state index in [9.17, 15) is 0 Å². The van der Waals surface area contributed by atoms with Gasteiger partial charge in [0.2, 0.25) is 16.7 Å². The molecule has 6 rings (SSSR count). The summed E-state index contributed by atoms with van der Waals surface area (Å²) in [6, 6.07) is 38.3. The fourth-order valence-electron chi connectivity index (χ4n) is 5.09. The molecule has 0 fully saturated rings. The van der Waals surface area contributed by atoms with Crippen molar-refractivity contribution >= 4 is 49.9 Å². The van der Waals surface area contributed by atoms with E-state index in [1.807, 2.05) is 6.07 Å². The SMILES string of the molecule is CCN(CC)c1ccc2nc3c4ccccc4c(Nc4ccccc4)cc3[n+](-c3ccccc3)c2c1. The molecular formula is C32H29N4+. The van der Waals surface area contributed by atoms with Crippen molar-refractivity contribution in [2.45, 2.75) is 13.8 Å². The van der Waals surface area contributed by atoms with Crippen LogP contribution in [0, 0.1) is 0 Å². The highest BCUT2D eigenvalue weighted by Crippen LogP contribution is 2.33. The molecule has 0 spiro atoms. The van der Waals surface area contributed by atoms with Crippen molar-refractivity contribution in [2.75, 3.05) is 23.3 Å². The molecule has 6 aromatic rings. The maximum atomic E-state index is 5.23. The minimum atomic E-state index is 0.962. The predicted molar refractivity (Wildman–Crippen MR) is 152 cm³/mol. The minimum absolute atomic E-state index is 0.962. The molecule has 0 bridgehead atoms. The van der Waals surface area contributed by atoms with Gasteiger partial charge in [0.25, 0.3) is 0 Å². The topological polar surface area (TPSA) is 32.0 Å². The van der Waals surface area contributed by atoms with E-state index in [1.54, 1.807) is 0 Å². The number of benzene rings is 5. The Labute approximate surface area is 211 Å². The molecule has 36 heavy (non-hydrogen) atoms. The molecule has 176 valence electrons. The zero-order valence-corrected chi connectivity index (χ0v) is 20.6. The van der Waals surface area contributed by atoms with Crippen LogP contribution in [0.3, 0.4) is 0 Å². The standard InChI is InChI=1S/C32H28N4/c1-3-35(4-2)25-19-20-28-30(21-25)36(24-15-9-6-10-16-24)31-22-29(33-23-13-7-5-8-14-23)26-17-11-12-18-27(26)32(31)34-28/h5-22H,3-4H2,1-2H3/p+1. The highest BCUT2D eigenvalue weighted by Gasteiger charge is 2.23. The molecule has 0 amide bonds. The molecule has 0 radical (unpaired) electrons. The van der Waals surface area contributed by atoms with E-state index in [0.717, 1.165) is 63.0 Å². The lowest BCUT2D eigenvalue weighted by atomic mass is 10.0. The van der Waals surface area contributed by atoms with E-state index in [2.05, 4.69) is 132 Å². The maximum Gasteiger partial charge on any atom is 0.240 e. The summed E-state index contributed by atoms with van der Waals surface area (Å²) < 4.78 is 2.35. The maximum absolute atomic E-state index is 5.23. The van der Waals surface area contributed by atoms with Gasteiger partial charge in [-0.15, -0.1) is 4.57 Å². The average Bonchev–Trinajstić information content (AvgIpc) is 2.94. The van der Waals surface area contributed by atoms with Crippen LogP contribution < -0.4 is 14.8 Å². The molecule has 0 aliphatic heterocycles. The number of nitrogens with zero attached hydrogens (tertiary/aromatic N) is 3. The van der Waals surface area contributed by atoms with Crippen LogP contribution in [0.4, 0.5) is 17.1 Å². The Morgan fingerprint density at radius 2 is 1.36 bits per heavy atom. The predicted octanol–water partition coefficient (Wildman–Crippen LogP) is 7.41. The van der Waals surface area contributed by atoms with Crippen LogP contribution in [0.1, 0.15) is 13.8 Å². The van der Waals surface area contributed by atoms with Crippen LogP contribution in [0.15, 0.2) is 109 Å². The first-order chi connectivity index (χ1) is 17.8. The number of nitrogens with one attached hydrogen (secondary N) is 1. The largest absolute Gasteiger partial charge is 0.372 e.